The average Bonchev–Trinajstić information content (AvgIpc) is 2.86. The highest BCUT2D eigenvalue weighted by molar-refractivity contribution is 7.92. The molecule has 202 valence electrons. The van der Waals surface area contributed by atoms with E-state index in [1.807, 2.05) is 43.3 Å². The van der Waals surface area contributed by atoms with Crippen LogP contribution in [-0.2, 0) is 32.6 Å². The van der Waals surface area contributed by atoms with Crippen LogP contribution in [0.25, 0.3) is 0 Å². The molecule has 3 rings (SSSR count). The summed E-state index contributed by atoms with van der Waals surface area (Å²) in [6.07, 6.45) is 1.29. The summed E-state index contributed by atoms with van der Waals surface area (Å²) >= 11 is 12.3. The molecule has 1 atom stereocenters. The Morgan fingerprint density at radius 3 is 2.18 bits per heavy atom. The molecule has 0 aromatic heterocycles. The van der Waals surface area contributed by atoms with Crippen molar-refractivity contribution in [3.8, 4) is 0 Å². The van der Waals surface area contributed by atoms with Crippen molar-refractivity contribution in [1.29, 1.82) is 0 Å². The standard InChI is InChI=1S/C28H31Cl2N3O4S/c1-19-10-13-25(20(2)14-19)33(38(4,36)37)18-27(34)32(17-22-11-12-23(29)24(30)15-22)26(28(35)31-3)16-21-8-6-5-7-9-21/h5-15,26H,16-18H2,1-4H3,(H,31,35). The molecule has 1 N–H and O–H groups in total. The van der Waals surface area contributed by atoms with E-state index >= 15 is 0 Å². The fraction of sp³-hybridized carbons (Fsp3) is 0.286. The Bertz CT molecular complexity index is 1410. The number of benzene rings is 3. The SMILES string of the molecule is CNC(=O)C(Cc1ccccc1)N(Cc1ccc(Cl)c(Cl)c1)C(=O)CN(c1ccc(C)cc1C)S(C)(=O)=O. The van der Waals surface area contributed by atoms with Crippen molar-refractivity contribution >= 4 is 50.7 Å². The Morgan fingerprint density at radius 1 is 0.921 bits per heavy atom. The second kappa shape index (κ2) is 12.7. The van der Waals surface area contributed by atoms with E-state index in [1.54, 1.807) is 37.3 Å². The molecule has 0 spiro atoms. The van der Waals surface area contributed by atoms with Crippen molar-refractivity contribution in [1.82, 2.24) is 10.2 Å². The molecule has 0 radical (unpaired) electrons. The summed E-state index contributed by atoms with van der Waals surface area (Å²) < 4.78 is 26.8. The fourth-order valence-electron chi connectivity index (χ4n) is 4.24. The fourth-order valence-corrected chi connectivity index (χ4v) is 5.46. The Morgan fingerprint density at radius 2 is 1.61 bits per heavy atom. The molecule has 3 aromatic carbocycles. The molecular formula is C28H31Cl2N3O4S. The molecule has 0 aliphatic rings. The highest BCUT2D eigenvalue weighted by atomic mass is 35.5. The van der Waals surface area contributed by atoms with Crippen LogP contribution in [0.1, 0.15) is 22.3 Å². The van der Waals surface area contributed by atoms with Gasteiger partial charge in [-0.25, -0.2) is 8.42 Å². The van der Waals surface area contributed by atoms with Gasteiger partial charge in [0.05, 0.1) is 22.0 Å². The van der Waals surface area contributed by atoms with E-state index in [1.165, 1.54) is 11.9 Å². The predicted octanol–water partition coefficient (Wildman–Crippen LogP) is 4.76. The number of carbonyl (C=O) groups is 2. The molecule has 0 bridgehead atoms. The lowest BCUT2D eigenvalue weighted by molar-refractivity contribution is -0.139. The summed E-state index contributed by atoms with van der Waals surface area (Å²) in [5.74, 6) is -0.911. The van der Waals surface area contributed by atoms with Gasteiger partial charge in [-0.3, -0.25) is 13.9 Å². The number of nitrogens with one attached hydrogen (secondary N) is 1. The van der Waals surface area contributed by atoms with E-state index < -0.39 is 28.5 Å². The van der Waals surface area contributed by atoms with Gasteiger partial charge in [0.2, 0.25) is 21.8 Å². The van der Waals surface area contributed by atoms with Gasteiger partial charge in [0.15, 0.2) is 0 Å². The first-order valence-electron chi connectivity index (χ1n) is 11.9. The van der Waals surface area contributed by atoms with Gasteiger partial charge in [-0.05, 0) is 48.7 Å². The lowest BCUT2D eigenvalue weighted by atomic mass is 10.0. The number of hydrogen-bond donors (Lipinski definition) is 1. The van der Waals surface area contributed by atoms with Crippen molar-refractivity contribution < 1.29 is 18.0 Å². The first kappa shape index (κ1) is 29.5. The number of amides is 2. The van der Waals surface area contributed by atoms with E-state index in [9.17, 15) is 18.0 Å². The van der Waals surface area contributed by atoms with Gasteiger partial charge < -0.3 is 10.2 Å². The van der Waals surface area contributed by atoms with Crippen molar-refractivity contribution in [2.75, 3.05) is 24.2 Å². The minimum absolute atomic E-state index is 0.0190. The Balaban J connectivity index is 2.06. The van der Waals surface area contributed by atoms with Crippen LogP contribution >= 0.6 is 23.2 Å². The van der Waals surface area contributed by atoms with Crippen LogP contribution in [0.15, 0.2) is 66.7 Å². The maximum Gasteiger partial charge on any atom is 0.244 e. The summed E-state index contributed by atoms with van der Waals surface area (Å²) in [5.41, 5.74) is 3.58. The lowest BCUT2D eigenvalue weighted by Crippen LogP contribution is -2.53. The highest BCUT2D eigenvalue weighted by Crippen LogP contribution is 2.26. The lowest BCUT2D eigenvalue weighted by Gasteiger charge is -2.33. The number of anilines is 1. The van der Waals surface area contributed by atoms with Crippen molar-refractivity contribution in [2.45, 2.75) is 32.9 Å². The summed E-state index contributed by atoms with van der Waals surface area (Å²) in [4.78, 5) is 28.5. The summed E-state index contributed by atoms with van der Waals surface area (Å²) in [7, 11) is -2.33. The third kappa shape index (κ3) is 7.49. The molecular weight excluding hydrogens is 545 g/mol. The van der Waals surface area contributed by atoms with Gasteiger partial charge in [-0.1, -0.05) is 77.3 Å². The molecule has 0 heterocycles. The second-order valence-corrected chi connectivity index (χ2v) is 11.9. The van der Waals surface area contributed by atoms with Crippen LogP contribution in [0.2, 0.25) is 10.0 Å². The molecule has 0 saturated heterocycles. The van der Waals surface area contributed by atoms with E-state index in [2.05, 4.69) is 5.32 Å². The summed E-state index contributed by atoms with van der Waals surface area (Å²) in [6.45, 7) is 3.24. The molecule has 0 aliphatic carbocycles. The molecule has 2 amide bonds. The van der Waals surface area contributed by atoms with Gasteiger partial charge in [-0.15, -0.1) is 0 Å². The van der Waals surface area contributed by atoms with Gasteiger partial charge in [-0.2, -0.15) is 0 Å². The van der Waals surface area contributed by atoms with Crippen LogP contribution in [0, 0.1) is 13.8 Å². The van der Waals surface area contributed by atoms with Crippen LogP contribution in [-0.4, -0.2) is 51.0 Å². The van der Waals surface area contributed by atoms with Crippen LogP contribution < -0.4 is 9.62 Å². The topological polar surface area (TPSA) is 86.8 Å². The van der Waals surface area contributed by atoms with E-state index in [0.29, 0.717) is 26.9 Å². The molecule has 0 saturated carbocycles. The molecule has 38 heavy (non-hydrogen) atoms. The smallest absolute Gasteiger partial charge is 0.244 e. The van der Waals surface area contributed by atoms with Crippen LogP contribution in [0.3, 0.4) is 0 Å². The zero-order valence-electron chi connectivity index (χ0n) is 21.7. The first-order valence-corrected chi connectivity index (χ1v) is 14.5. The average molecular weight is 577 g/mol. The monoisotopic (exact) mass is 575 g/mol. The molecule has 7 nitrogen and oxygen atoms in total. The quantitative estimate of drug-likeness (QED) is 0.377. The van der Waals surface area contributed by atoms with E-state index in [0.717, 1.165) is 21.7 Å². The zero-order chi connectivity index (χ0) is 28.0. The Labute approximate surface area is 234 Å². The number of rotatable bonds is 10. The third-order valence-electron chi connectivity index (χ3n) is 6.15. The minimum Gasteiger partial charge on any atom is -0.357 e. The number of carbonyl (C=O) groups excluding carboxylic acids is 2. The van der Waals surface area contributed by atoms with Gasteiger partial charge >= 0.3 is 0 Å². The third-order valence-corrected chi connectivity index (χ3v) is 8.02. The number of halogens is 2. The predicted molar refractivity (Wildman–Crippen MR) is 153 cm³/mol. The van der Waals surface area contributed by atoms with E-state index in [-0.39, 0.29) is 18.9 Å². The van der Waals surface area contributed by atoms with Crippen molar-refractivity contribution in [2.24, 2.45) is 0 Å². The van der Waals surface area contributed by atoms with Gasteiger partial charge in [0.25, 0.3) is 0 Å². The largest absolute Gasteiger partial charge is 0.357 e. The maximum absolute atomic E-state index is 13.9. The second-order valence-electron chi connectivity index (χ2n) is 9.15. The first-order chi connectivity index (χ1) is 17.9. The normalized spacial score (nSPS) is 12.1. The van der Waals surface area contributed by atoms with Crippen molar-refractivity contribution in [3.05, 3.63) is 99.0 Å². The summed E-state index contributed by atoms with van der Waals surface area (Å²) in [6, 6.07) is 18.7. The highest BCUT2D eigenvalue weighted by Gasteiger charge is 2.33. The van der Waals surface area contributed by atoms with Crippen molar-refractivity contribution in [3.63, 3.8) is 0 Å². The van der Waals surface area contributed by atoms with E-state index in [4.69, 9.17) is 23.2 Å². The molecule has 3 aromatic rings. The van der Waals surface area contributed by atoms with Gasteiger partial charge in [0.1, 0.15) is 12.6 Å². The number of likely N-dealkylation sites (N-methyl/N-ethyl adjacent to an activating group) is 1. The Kier molecular flexibility index (Phi) is 9.82. The Hall–Kier alpha value is -3.07. The summed E-state index contributed by atoms with van der Waals surface area (Å²) in [5, 5.41) is 3.31. The zero-order valence-corrected chi connectivity index (χ0v) is 24.1. The molecule has 10 heteroatoms. The van der Waals surface area contributed by atoms with Gasteiger partial charge in [0, 0.05) is 20.0 Å². The molecule has 0 aliphatic heterocycles. The number of sulfonamides is 1. The molecule has 1 unspecified atom stereocenters. The maximum atomic E-state index is 13.9. The van der Waals surface area contributed by atoms with Crippen LogP contribution in [0.5, 0.6) is 0 Å². The molecule has 0 fully saturated rings. The van der Waals surface area contributed by atoms with Crippen LogP contribution in [0.4, 0.5) is 5.69 Å². The number of aryl methyl sites for hydroxylation is 2. The number of nitrogens with zero attached hydrogens (tertiary/aromatic N) is 2. The number of hydrogen-bond acceptors (Lipinski definition) is 4. The minimum atomic E-state index is -3.83.